The average molecular weight is 176 g/mol. The predicted molar refractivity (Wildman–Crippen MR) is 51.3 cm³/mol. The molecule has 3 rings (SSSR count). The summed E-state index contributed by atoms with van der Waals surface area (Å²) in [6.45, 7) is 2.21. The molecule has 0 bridgehead atoms. The van der Waals surface area contributed by atoms with E-state index in [1.54, 1.807) is 0 Å². The van der Waals surface area contributed by atoms with Crippen LogP contribution in [0.2, 0.25) is 0 Å². The third kappa shape index (κ3) is 0.722. The lowest BCUT2D eigenvalue weighted by Crippen LogP contribution is -2.41. The van der Waals surface area contributed by atoms with Gasteiger partial charge in [-0.15, -0.1) is 0 Å². The van der Waals surface area contributed by atoms with Crippen molar-refractivity contribution in [1.29, 1.82) is 0 Å². The van der Waals surface area contributed by atoms with E-state index in [2.05, 4.69) is 13.0 Å². The van der Waals surface area contributed by atoms with Crippen molar-refractivity contribution in [3.8, 4) is 0 Å². The number of hydrogen-bond donors (Lipinski definition) is 0. The Labute approximate surface area is 79.2 Å². The quantitative estimate of drug-likeness (QED) is 0.554. The molecule has 3 aliphatic rings. The molecule has 0 N–H and O–H groups in total. The van der Waals surface area contributed by atoms with Crippen molar-refractivity contribution in [2.24, 2.45) is 16.7 Å². The van der Waals surface area contributed by atoms with Crippen LogP contribution in [0.1, 0.15) is 39.0 Å². The zero-order valence-corrected chi connectivity index (χ0v) is 8.18. The van der Waals surface area contributed by atoms with E-state index in [9.17, 15) is 4.79 Å². The lowest BCUT2D eigenvalue weighted by molar-refractivity contribution is -0.130. The Kier molecular flexibility index (Phi) is 1.24. The number of hydrogen-bond acceptors (Lipinski definition) is 1. The van der Waals surface area contributed by atoms with Crippen LogP contribution in [-0.4, -0.2) is 5.78 Å². The summed E-state index contributed by atoms with van der Waals surface area (Å²) in [5, 5.41) is 0. The minimum atomic E-state index is 0.0185. The zero-order chi connectivity index (χ0) is 9.10. The van der Waals surface area contributed by atoms with Gasteiger partial charge in [-0.3, -0.25) is 4.79 Å². The van der Waals surface area contributed by atoms with Gasteiger partial charge in [0.15, 0.2) is 5.78 Å². The molecule has 1 spiro atoms. The van der Waals surface area contributed by atoms with Gasteiger partial charge in [-0.1, -0.05) is 19.4 Å². The Morgan fingerprint density at radius 3 is 3.15 bits per heavy atom. The normalized spacial score (nSPS) is 52.7. The van der Waals surface area contributed by atoms with Gasteiger partial charge in [0.25, 0.3) is 0 Å². The molecule has 0 aromatic heterocycles. The molecule has 2 saturated carbocycles. The maximum absolute atomic E-state index is 11.9. The van der Waals surface area contributed by atoms with E-state index in [0.29, 0.717) is 11.2 Å². The second-order valence-corrected chi connectivity index (χ2v) is 5.25. The molecule has 0 amide bonds. The lowest BCUT2D eigenvalue weighted by atomic mass is 9.60. The first-order chi connectivity index (χ1) is 6.19. The van der Waals surface area contributed by atoms with Crippen LogP contribution in [0.15, 0.2) is 12.2 Å². The van der Waals surface area contributed by atoms with E-state index in [1.807, 2.05) is 6.08 Å². The van der Waals surface area contributed by atoms with E-state index < -0.39 is 0 Å². The standard InChI is InChI=1S/C12H16O/c1-11-6-2-4-9-8-12(9,11)7-3-5-10(11)13/h3,5,9H,2,4,6-8H2,1H3. The van der Waals surface area contributed by atoms with Crippen molar-refractivity contribution in [3.05, 3.63) is 12.2 Å². The number of carbonyl (C=O) groups excluding carboxylic acids is 1. The molecule has 3 aliphatic carbocycles. The Morgan fingerprint density at radius 1 is 1.54 bits per heavy atom. The van der Waals surface area contributed by atoms with Gasteiger partial charge in [-0.2, -0.15) is 0 Å². The van der Waals surface area contributed by atoms with Crippen molar-refractivity contribution >= 4 is 5.78 Å². The van der Waals surface area contributed by atoms with Gasteiger partial charge in [-0.25, -0.2) is 0 Å². The summed E-state index contributed by atoms with van der Waals surface area (Å²) < 4.78 is 0. The van der Waals surface area contributed by atoms with Gasteiger partial charge < -0.3 is 0 Å². The van der Waals surface area contributed by atoms with Gasteiger partial charge in [0, 0.05) is 5.41 Å². The molecule has 70 valence electrons. The molecule has 0 aromatic carbocycles. The summed E-state index contributed by atoms with van der Waals surface area (Å²) in [6.07, 6.45) is 10.2. The maximum Gasteiger partial charge on any atom is 0.161 e. The zero-order valence-electron chi connectivity index (χ0n) is 8.18. The molecule has 0 radical (unpaired) electrons. The lowest BCUT2D eigenvalue weighted by Gasteiger charge is -2.42. The Bertz CT molecular complexity index is 304. The van der Waals surface area contributed by atoms with E-state index >= 15 is 0 Å². The van der Waals surface area contributed by atoms with Crippen molar-refractivity contribution in [2.45, 2.75) is 39.0 Å². The summed E-state index contributed by atoms with van der Waals surface area (Å²) in [4.78, 5) is 11.9. The van der Waals surface area contributed by atoms with Gasteiger partial charge in [0.2, 0.25) is 0 Å². The SMILES string of the molecule is CC12CCCC3CC31CC=CC2=O. The van der Waals surface area contributed by atoms with Crippen LogP contribution in [0.25, 0.3) is 0 Å². The molecular formula is C12H16O. The van der Waals surface area contributed by atoms with E-state index in [0.717, 1.165) is 12.3 Å². The smallest absolute Gasteiger partial charge is 0.161 e. The van der Waals surface area contributed by atoms with Crippen LogP contribution in [0.5, 0.6) is 0 Å². The second-order valence-electron chi connectivity index (χ2n) is 5.25. The molecule has 2 fully saturated rings. The highest BCUT2D eigenvalue weighted by atomic mass is 16.1. The molecular weight excluding hydrogens is 160 g/mol. The molecule has 1 nitrogen and oxygen atoms in total. The van der Waals surface area contributed by atoms with Crippen LogP contribution in [0.4, 0.5) is 0 Å². The minimum absolute atomic E-state index is 0.0185. The van der Waals surface area contributed by atoms with Gasteiger partial charge in [-0.05, 0) is 43.1 Å². The van der Waals surface area contributed by atoms with Crippen molar-refractivity contribution < 1.29 is 4.79 Å². The third-order valence-electron chi connectivity index (χ3n) is 4.86. The molecule has 0 aromatic rings. The van der Waals surface area contributed by atoms with Crippen molar-refractivity contribution in [3.63, 3.8) is 0 Å². The Balaban J connectivity index is 2.08. The van der Waals surface area contributed by atoms with Gasteiger partial charge in [0.1, 0.15) is 0 Å². The molecule has 3 unspecified atom stereocenters. The largest absolute Gasteiger partial charge is 0.294 e. The number of rotatable bonds is 0. The summed E-state index contributed by atoms with van der Waals surface area (Å²) >= 11 is 0. The highest BCUT2D eigenvalue weighted by molar-refractivity contribution is 5.96. The Morgan fingerprint density at radius 2 is 2.38 bits per heavy atom. The van der Waals surface area contributed by atoms with Crippen LogP contribution in [0.3, 0.4) is 0 Å². The van der Waals surface area contributed by atoms with Crippen LogP contribution in [-0.2, 0) is 4.79 Å². The first-order valence-corrected chi connectivity index (χ1v) is 5.40. The van der Waals surface area contributed by atoms with Crippen molar-refractivity contribution in [2.75, 3.05) is 0 Å². The molecule has 13 heavy (non-hydrogen) atoms. The molecule has 0 heterocycles. The topological polar surface area (TPSA) is 17.1 Å². The van der Waals surface area contributed by atoms with Crippen LogP contribution >= 0.6 is 0 Å². The van der Waals surface area contributed by atoms with Gasteiger partial charge in [0.05, 0.1) is 0 Å². The summed E-state index contributed by atoms with van der Waals surface area (Å²) in [5.74, 6) is 1.28. The Hall–Kier alpha value is -0.590. The first-order valence-electron chi connectivity index (χ1n) is 5.40. The van der Waals surface area contributed by atoms with Crippen LogP contribution < -0.4 is 0 Å². The third-order valence-corrected chi connectivity index (χ3v) is 4.86. The summed E-state index contributed by atoms with van der Waals surface area (Å²) in [6, 6.07) is 0. The van der Waals surface area contributed by atoms with Crippen molar-refractivity contribution in [1.82, 2.24) is 0 Å². The highest BCUT2D eigenvalue weighted by Gasteiger charge is 2.67. The first kappa shape index (κ1) is 7.78. The van der Waals surface area contributed by atoms with Gasteiger partial charge >= 0.3 is 0 Å². The average Bonchev–Trinajstić information content (AvgIpc) is 2.79. The molecule has 1 heteroatoms. The minimum Gasteiger partial charge on any atom is -0.294 e. The van der Waals surface area contributed by atoms with E-state index in [-0.39, 0.29) is 5.41 Å². The number of allylic oxidation sites excluding steroid dienone is 2. The fourth-order valence-electron chi connectivity index (χ4n) is 3.79. The summed E-state index contributed by atoms with van der Waals surface area (Å²) in [7, 11) is 0. The molecule has 3 atom stereocenters. The van der Waals surface area contributed by atoms with E-state index in [4.69, 9.17) is 0 Å². The predicted octanol–water partition coefficient (Wildman–Crippen LogP) is 2.71. The molecule has 0 saturated heterocycles. The summed E-state index contributed by atoms with van der Waals surface area (Å²) in [5.41, 5.74) is 0.432. The fraction of sp³-hybridized carbons (Fsp3) is 0.750. The molecule has 0 aliphatic heterocycles. The highest BCUT2D eigenvalue weighted by Crippen LogP contribution is 2.72. The second kappa shape index (κ2) is 2.08. The van der Waals surface area contributed by atoms with Crippen LogP contribution in [0, 0.1) is 16.7 Å². The fourth-order valence-corrected chi connectivity index (χ4v) is 3.79. The number of carbonyl (C=O) groups is 1. The monoisotopic (exact) mass is 176 g/mol. The number of ketones is 1. The van der Waals surface area contributed by atoms with E-state index in [1.165, 1.54) is 25.7 Å². The maximum atomic E-state index is 11.9.